The molecule has 0 aromatic carbocycles. The fourth-order valence-electron chi connectivity index (χ4n) is 1.86. The lowest BCUT2D eigenvalue weighted by Crippen LogP contribution is -2.52. The van der Waals surface area contributed by atoms with Gasteiger partial charge in [0.2, 0.25) is 11.8 Å². The van der Waals surface area contributed by atoms with E-state index >= 15 is 0 Å². The highest BCUT2D eigenvalue weighted by atomic mass is 16.5. The van der Waals surface area contributed by atoms with Crippen LogP contribution in [0.2, 0.25) is 0 Å². The highest BCUT2D eigenvalue weighted by molar-refractivity contribution is 5.89. The molecule has 7 heteroatoms. The van der Waals surface area contributed by atoms with Gasteiger partial charge in [-0.3, -0.25) is 9.59 Å². The lowest BCUT2D eigenvalue weighted by Gasteiger charge is -2.24. The first-order valence-corrected chi connectivity index (χ1v) is 6.61. The van der Waals surface area contributed by atoms with Crippen LogP contribution in [0.5, 0.6) is 0 Å². The lowest BCUT2D eigenvalue weighted by molar-refractivity contribution is -0.152. The van der Waals surface area contributed by atoms with E-state index in [0.29, 0.717) is 12.8 Å². The van der Waals surface area contributed by atoms with Crippen molar-refractivity contribution in [2.75, 3.05) is 0 Å². The number of nitrogens with one attached hydrogen (secondary N) is 2. The summed E-state index contributed by atoms with van der Waals surface area (Å²) in [6.45, 7) is 7.10. The fourth-order valence-corrected chi connectivity index (χ4v) is 1.86. The van der Waals surface area contributed by atoms with Gasteiger partial charge in [-0.25, -0.2) is 4.79 Å². The van der Waals surface area contributed by atoms with E-state index in [2.05, 4.69) is 10.6 Å². The third-order valence-corrected chi connectivity index (χ3v) is 2.84. The van der Waals surface area contributed by atoms with Gasteiger partial charge in [0, 0.05) is 5.54 Å². The Morgan fingerprint density at radius 3 is 2.20 bits per heavy atom. The average Bonchev–Trinajstić information content (AvgIpc) is 2.75. The molecule has 3 N–H and O–H groups in total. The SMILES string of the molecule is CC(NC(=O)C1CCC(C(=O)O)O1)C(=O)NC(C)(C)C. The van der Waals surface area contributed by atoms with Crippen LogP contribution in [0.25, 0.3) is 0 Å². The number of aliphatic carboxylic acids is 1. The molecule has 1 rings (SSSR count). The molecule has 114 valence electrons. The number of amides is 2. The van der Waals surface area contributed by atoms with Gasteiger partial charge in [-0.2, -0.15) is 0 Å². The van der Waals surface area contributed by atoms with Crippen molar-refractivity contribution in [3.05, 3.63) is 0 Å². The van der Waals surface area contributed by atoms with Crippen LogP contribution in [0.3, 0.4) is 0 Å². The second-order valence-electron chi connectivity index (χ2n) is 6.00. The summed E-state index contributed by atoms with van der Waals surface area (Å²) in [5.41, 5.74) is -0.381. The standard InChI is InChI=1S/C13H22N2O5/c1-7(10(16)15-13(2,3)4)14-11(17)8-5-6-9(20-8)12(18)19/h7-9H,5-6H2,1-4H3,(H,14,17)(H,15,16)(H,18,19). The van der Waals surface area contributed by atoms with Gasteiger partial charge in [0.15, 0.2) is 6.10 Å². The monoisotopic (exact) mass is 286 g/mol. The third kappa shape index (κ3) is 4.80. The Morgan fingerprint density at radius 2 is 1.75 bits per heavy atom. The van der Waals surface area contributed by atoms with Crippen LogP contribution in [-0.4, -0.2) is 46.7 Å². The van der Waals surface area contributed by atoms with Crippen molar-refractivity contribution >= 4 is 17.8 Å². The number of carboxylic acid groups (broad SMARTS) is 1. The van der Waals surface area contributed by atoms with E-state index in [0.717, 1.165) is 0 Å². The summed E-state index contributed by atoms with van der Waals surface area (Å²) in [5.74, 6) is -1.82. The summed E-state index contributed by atoms with van der Waals surface area (Å²) in [4.78, 5) is 34.4. The Morgan fingerprint density at radius 1 is 1.20 bits per heavy atom. The van der Waals surface area contributed by atoms with E-state index < -0.39 is 30.1 Å². The topological polar surface area (TPSA) is 105 Å². The normalized spacial score (nSPS) is 24.0. The second-order valence-corrected chi connectivity index (χ2v) is 6.00. The number of carbonyl (C=O) groups excluding carboxylic acids is 2. The predicted molar refractivity (Wildman–Crippen MR) is 71.0 cm³/mol. The molecule has 0 saturated carbocycles. The smallest absolute Gasteiger partial charge is 0.332 e. The maximum absolute atomic E-state index is 11.9. The quantitative estimate of drug-likeness (QED) is 0.676. The number of carboxylic acids is 1. The zero-order valence-electron chi connectivity index (χ0n) is 12.2. The molecule has 2 amide bonds. The minimum atomic E-state index is -1.07. The highest BCUT2D eigenvalue weighted by Crippen LogP contribution is 2.20. The van der Waals surface area contributed by atoms with Crippen molar-refractivity contribution in [3.63, 3.8) is 0 Å². The number of hydrogen-bond donors (Lipinski definition) is 3. The van der Waals surface area contributed by atoms with Crippen molar-refractivity contribution in [1.82, 2.24) is 10.6 Å². The van der Waals surface area contributed by atoms with Crippen molar-refractivity contribution in [2.24, 2.45) is 0 Å². The van der Waals surface area contributed by atoms with E-state index in [1.165, 1.54) is 0 Å². The van der Waals surface area contributed by atoms with Gasteiger partial charge in [0.25, 0.3) is 0 Å². The van der Waals surface area contributed by atoms with E-state index in [4.69, 9.17) is 9.84 Å². The molecule has 3 atom stereocenters. The Labute approximate surface area is 118 Å². The van der Waals surface area contributed by atoms with Crippen LogP contribution < -0.4 is 10.6 Å². The van der Waals surface area contributed by atoms with Crippen LogP contribution in [-0.2, 0) is 19.1 Å². The summed E-state index contributed by atoms with van der Waals surface area (Å²) in [7, 11) is 0. The molecule has 0 bridgehead atoms. The molecule has 20 heavy (non-hydrogen) atoms. The minimum Gasteiger partial charge on any atom is -0.479 e. The Hall–Kier alpha value is -1.63. The van der Waals surface area contributed by atoms with Gasteiger partial charge in [0.1, 0.15) is 12.1 Å². The van der Waals surface area contributed by atoms with Crippen molar-refractivity contribution in [1.29, 1.82) is 0 Å². The Kier molecular flexibility index (Phi) is 5.10. The zero-order chi connectivity index (χ0) is 15.5. The van der Waals surface area contributed by atoms with Gasteiger partial charge in [-0.15, -0.1) is 0 Å². The lowest BCUT2D eigenvalue weighted by atomic mass is 10.1. The van der Waals surface area contributed by atoms with Crippen LogP contribution in [0, 0.1) is 0 Å². The first kappa shape index (κ1) is 16.4. The molecule has 3 unspecified atom stereocenters. The maximum atomic E-state index is 11.9. The molecular formula is C13H22N2O5. The molecule has 7 nitrogen and oxygen atoms in total. The minimum absolute atomic E-state index is 0.293. The average molecular weight is 286 g/mol. The first-order valence-electron chi connectivity index (χ1n) is 6.61. The molecule has 1 aliphatic rings. The van der Waals surface area contributed by atoms with Crippen LogP contribution >= 0.6 is 0 Å². The number of carbonyl (C=O) groups is 3. The fraction of sp³-hybridized carbons (Fsp3) is 0.769. The zero-order valence-corrected chi connectivity index (χ0v) is 12.2. The van der Waals surface area contributed by atoms with Crippen molar-refractivity contribution in [2.45, 2.75) is 64.3 Å². The van der Waals surface area contributed by atoms with Crippen LogP contribution in [0.15, 0.2) is 0 Å². The number of rotatable bonds is 4. The van der Waals surface area contributed by atoms with E-state index in [-0.39, 0.29) is 11.4 Å². The van der Waals surface area contributed by atoms with Crippen molar-refractivity contribution < 1.29 is 24.2 Å². The molecule has 0 spiro atoms. The molecule has 0 radical (unpaired) electrons. The summed E-state index contributed by atoms with van der Waals surface area (Å²) in [5, 5.41) is 14.1. The summed E-state index contributed by atoms with van der Waals surface area (Å²) in [6.07, 6.45) is -1.10. The van der Waals surface area contributed by atoms with Crippen LogP contribution in [0.1, 0.15) is 40.5 Å². The molecule has 0 aromatic heterocycles. The van der Waals surface area contributed by atoms with Crippen molar-refractivity contribution in [3.8, 4) is 0 Å². The summed E-state index contributed by atoms with van der Waals surface area (Å²) in [6, 6.07) is -0.700. The summed E-state index contributed by atoms with van der Waals surface area (Å²) >= 11 is 0. The van der Waals surface area contributed by atoms with Gasteiger partial charge >= 0.3 is 5.97 Å². The first-order chi connectivity index (χ1) is 9.10. The maximum Gasteiger partial charge on any atom is 0.332 e. The Bertz CT molecular complexity index is 402. The molecular weight excluding hydrogens is 264 g/mol. The summed E-state index contributed by atoms with van der Waals surface area (Å²) < 4.78 is 5.12. The van der Waals surface area contributed by atoms with Gasteiger partial charge in [0.05, 0.1) is 0 Å². The molecule has 0 aromatic rings. The van der Waals surface area contributed by atoms with E-state index in [9.17, 15) is 14.4 Å². The third-order valence-electron chi connectivity index (χ3n) is 2.84. The van der Waals surface area contributed by atoms with E-state index in [1.54, 1.807) is 6.92 Å². The second kappa shape index (κ2) is 6.21. The molecule has 1 aliphatic heterocycles. The highest BCUT2D eigenvalue weighted by Gasteiger charge is 2.35. The molecule has 1 heterocycles. The number of hydrogen-bond acceptors (Lipinski definition) is 4. The molecule has 0 aliphatic carbocycles. The van der Waals surface area contributed by atoms with Gasteiger partial charge in [-0.1, -0.05) is 0 Å². The number of ether oxygens (including phenoxy) is 1. The van der Waals surface area contributed by atoms with E-state index in [1.807, 2.05) is 20.8 Å². The molecule has 1 saturated heterocycles. The largest absolute Gasteiger partial charge is 0.479 e. The Balaban J connectivity index is 2.46. The van der Waals surface area contributed by atoms with Crippen LogP contribution in [0.4, 0.5) is 0 Å². The molecule has 1 fully saturated rings. The van der Waals surface area contributed by atoms with Gasteiger partial charge in [-0.05, 0) is 40.5 Å². The predicted octanol–water partition coefficient (Wildman–Crippen LogP) is 0.0380. The van der Waals surface area contributed by atoms with Gasteiger partial charge < -0.3 is 20.5 Å².